The van der Waals surface area contributed by atoms with Crippen LogP contribution >= 0.6 is 11.3 Å². The molecule has 5 aliphatic rings. The van der Waals surface area contributed by atoms with E-state index in [0.29, 0.717) is 0 Å². The summed E-state index contributed by atoms with van der Waals surface area (Å²) in [6.07, 6.45) is 5.84. The molecule has 5 aliphatic carbocycles. The summed E-state index contributed by atoms with van der Waals surface area (Å²) < 4.78 is 9.31. The molecule has 0 aliphatic heterocycles. The Morgan fingerprint density at radius 3 is 2.10 bits per heavy atom. The van der Waals surface area contributed by atoms with Gasteiger partial charge in [-0.05, 0) is 166 Å². The van der Waals surface area contributed by atoms with E-state index in [1.54, 1.807) is 11.1 Å². The third-order valence-corrected chi connectivity index (χ3v) is 17.6. The van der Waals surface area contributed by atoms with Crippen molar-refractivity contribution in [2.75, 3.05) is 4.90 Å². The minimum Gasteiger partial charge on any atom is -0.454 e. The SMILES string of the molecule is c1ccc(-c2ccc(N(c3ccc4sc5ccc(-c6ccc7c(c6)-c6ccccc6C76C7CC8CC9C(C7)C9C6C8)cc5c4c3)c3cccc4c3oc3ccccc34)cc2)cc1. The van der Waals surface area contributed by atoms with Gasteiger partial charge in [-0.2, -0.15) is 0 Å². The fourth-order valence-corrected chi connectivity index (χ4v) is 15.2. The summed E-state index contributed by atoms with van der Waals surface area (Å²) in [5.74, 6) is 5.54. The average molecular weight is 814 g/mol. The van der Waals surface area contributed by atoms with E-state index < -0.39 is 0 Å². The van der Waals surface area contributed by atoms with Gasteiger partial charge in [-0.15, -0.1) is 11.3 Å². The smallest absolute Gasteiger partial charge is 0.159 e. The Morgan fingerprint density at radius 1 is 0.484 bits per heavy atom. The molecule has 15 rings (SSSR count). The Kier molecular flexibility index (Phi) is 6.82. The van der Waals surface area contributed by atoms with Crippen LogP contribution in [-0.2, 0) is 5.41 Å². The van der Waals surface area contributed by atoms with Gasteiger partial charge in [0.2, 0.25) is 0 Å². The molecule has 0 radical (unpaired) electrons. The van der Waals surface area contributed by atoms with Crippen molar-refractivity contribution in [3.63, 3.8) is 0 Å². The highest BCUT2D eigenvalue weighted by Gasteiger charge is 2.72. The minimum absolute atomic E-state index is 0.210. The standard InChI is InChI=1S/C59H43NOS/c1-2-9-35(10-3-1)36-17-21-40(22-18-36)60(53-15-8-13-44-43-12-5-7-16-54(43)61-58(44)53)41-23-26-56-47(33-41)46-31-38(20-25-55(46)62-56)37-19-24-51-45(30-37)42-11-4-6-14-50(42)59(51)39-27-34-28-48-49(32-39)57(48)52(59)29-34/h1-26,30-31,33-34,39,48-49,52,57H,27-29,32H2. The van der Waals surface area contributed by atoms with Crippen LogP contribution in [0.15, 0.2) is 180 Å². The number of benzene rings is 8. The summed E-state index contributed by atoms with van der Waals surface area (Å²) in [6, 6.07) is 65.9. The van der Waals surface area contributed by atoms with Gasteiger partial charge in [-0.1, -0.05) is 115 Å². The normalized spacial score (nSPS) is 24.9. The fourth-order valence-electron chi connectivity index (χ4n) is 14.1. The maximum atomic E-state index is 6.69. The molecule has 4 fully saturated rings. The lowest BCUT2D eigenvalue weighted by molar-refractivity contribution is 0.0271. The van der Waals surface area contributed by atoms with Gasteiger partial charge >= 0.3 is 0 Å². The van der Waals surface area contributed by atoms with Crippen LogP contribution in [0.3, 0.4) is 0 Å². The van der Waals surface area contributed by atoms with Gasteiger partial charge in [-0.25, -0.2) is 0 Å². The van der Waals surface area contributed by atoms with Crippen molar-refractivity contribution in [1.82, 2.24) is 0 Å². The van der Waals surface area contributed by atoms with E-state index in [1.165, 1.54) is 79.2 Å². The highest BCUT2D eigenvalue weighted by atomic mass is 32.1. The zero-order valence-electron chi connectivity index (χ0n) is 34.3. The number of furan rings is 1. The van der Waals surface area contributed by atoms with Gasteiger partial charge in [0.05, 0.1) is 5.69 Å². The summed E-state index contributed by atoms with van der Waals surface area (Å²) in [5, 5.41) is 4.85. The Bertz CT molecular complexity index is 3480. The van der Waals surface area contributed by atoms with Crippen molar-refractivity contribution >= 4 is 70.5 Å². The lowest BCUT2D eigenvalue weighted by atomic mass is 9.48. The first-order valence-corrected chi connectivity index (χ1v) is 23.6. The van der Waals surface area contributed by atoms with Crippen LogP contribution in [0.2, 0.25) is 0 Å². The fraction of sp³-hybridized carbons (Fsp3) is 0.186. The molecule has 0 saturated heterocycles. The van der Waals surface area contributed by atoms with Crippen molar-refractivity contribution in [3.8, 4) is 33.4 Å². The molecule has 10 aromatic rings. The first-order valence-electron chi connectivity index (χ1n) is 22.8. The number of hydrogen-bond acceptors (Lipinski definition) is 3. The Hall–Kier alpha value is -6.42. The van der Waals surface area contributed by atoms with E-state index in [4.69, 9.17) is 4.42 Å². The first kappa shape index (κ1) is 34.2. The number of nitrogens with zero attached hydrogens (tertiary/aromatic N) is 1. The van der Waals surface area contributed by atoms with E-state index in [-0.39, 0.29) is 5.41 Å². The lowest BCUT2D eigenvalue weighted by Crippen LogP contribution is -2.51. The van der Waals surface area contributed by atoms with E-state index in [9.17, 15) is 0 Å². The molecule has 8 aromatic carbocycles. The van der Waals surface area contributed by atoms with Crippen molar-refractivity contribution in [3.05, 3.63) is 187 Å². The van der Waals surface area contributed by atoms with Crippen molar-refractivity contribution in [2.24, 2.45) is 35.5 Å². The molecule has 296 valence electrons. The summed E-state index contributed by atoms with van der Waals surface area (Å²) >= 11 is 1.89. The van der Waals surface area contributed by atoms with Crippen molar-refractivity contribution in [1.29, 1.82) is 0 Å². The molecule has 2 aromatic heterocycles. The van der Waals surface area contributed by atoms with Crippen LogP contribution in [0.1, 0.15) is 36.8 Å². The quantitative estimate of drug-likeness (QED) is 0.172. The van der Waals surface area contributed by atoms with Gasteiger partial charge in [0.15, 0.2) is 5.58 Å². The number of fused-ring (bicyclic) bond motifs is 11. The molecule has 2 heterocycles. The first-order chi connectivity index (χ1) is 30.7. The molecule has 0 amide bonds. The molecule has 7 atom stereocenters. The highest BCUT2D eigenvalue weighted by Crippen LogP contribution is 2.78. The minimum atomic E-state index is 0.210. The van der Waals surface area contributed by atoms with E-state index in [2.05, 4.69) is 181 Å². The van der Waals surface area contributed by atoms with E-state index in [1.807, 2.05) is 11.3 Å². The largest absolute Gasteiger partial charge is 0.454 e. The van der Waals surface area contributed by atoms with E-state index in [0.717, 1.165) is 74.5 Å². The second-order valence-corrected chi connectivity index (χ2v) is 20.3. The summed E-state index contributed by atoms with van der Waals surface area (Å²) in [4.78, 5) is 2.38. The monoisotopic (exact) mass is 813 g/mol. The Balaban J connectivity index is 0.872. The third-order valence-electron chi connectivity index (χ3n) is 16.5. The van der Waals surface area contributed by atoms with Gasteiger partial charge < -0.3 is 9.32 Å². The number of anilines is 3. The van der Waals surface area contributed by atoms with Crippen LogP contribution in [-0.4, -0.2) is 0 Å². The van der Waals surface area contributed by atoms with Gasteiger partial charge in [0.25, 0.3) is 0 Å². The average Bonchev–Trinajstić information content (AvgIpc) is 3.59. The van der Waals surface area contributed by atoms with Gasteiger partial charge in [-0.3, -0.25) is 0 Å². The topological polar surface area (TPSA) is 16.4 Å². The molecule has 4 saturated carbocycles. The zero-order valence-corrected chi connectivity index (χ0v) is 35.1. The van der Waals surface area contributed by atoms with Crippen LogP contribution in [0.5, 0.6) is 0 Å². The van der Waals surface area contributed by atoms with Crippen LogP contribution in [0.4, 0.5) is 17.1 Å². The summed E-state index contributed by atoms with van der Waals surface area (Å²) in [7, 11) is 0. The predicted octanol–water partition coefficient (Wildman–Crippen LogP) is 16.3. The molecule has 0 N–H and O–H groups in total. The summed E-state index contributed by atoms with van der Waals surface area (Å²) in [6.45, 7) is 0. The Morgan fingerprint density at radius 2 is 1.18 bits per heavy atom. The zero-order chi connectivity index (χ0) is 40.3. The number of thiophene rings is 1. The molecular formula is C59H43NOS. The van der Waals surface area contributed by atoms with E-state index >= 15 is 0 Å². The maximum absolute atomic E-state index is 6.69. The lowest BCUT2D eigenvalue weighted by Gasteiger charge is -2.55. The van der Waals surface area contributed by atoms with Gasteiger partial charge in [0, 0.05) is 47.7 Å². The summed E-state index contributed by atoms with van der Waals surface area (Å²) in [5.41, 5.74) is 16.5. The molecule has 62 heavy (non-hydrogen) atoms. The van der Waals surface area contributed by atoms with Crippen LogP contribution in [0, 0.1) is 35.5 Å². The number of rotatable bonds is 5. The Labute approximate surface area is 365 Å². The molecule has 3 heteroatoms. The van der Waals surface area contributed by atoms with Crippen LogP contribution in [0.25, 0.3) is 75.5 Å². The molecular weight excluding hydrogens is 771 g/mol. The predicted molar refractivity (Wildman–Crippen MR) is 258 cm³/mol. The van der Waals surface area contributed by atoms with Gasteiger partial charge in [0.1, 0.15) is 5.58 Å². The molecule has 7 unspecified atom stereocenters. The molecule has 1 spiro atoms. The number of hydrogen-bond donors (Lipinski definition) is 0. The second-order valence-electron chi connectivity index (χ2n) is 19.2. The molecule has 2 nitrogen and oxygen atoms in total. The second kappa shape index (κ2) is 12.4. The maximum Gasteiger partial charge on any atom is 0.159 e. The highest BCUT2D eigenvalue weighted by molar-refractivity contribution is 7.25. The molecule has 3 bridgehead atoms. The van der Waals surface area contributed by atoms with Crippen molar-refractivity contribution in [2.45, 2.75) is 31.1 Å². The number of para-hydroxylation sites is 2. The van der Waals surface area contributed by atoms with Crippen LogP contribution < -0.4 is 4.90 Å². The third kappa shape index (κ3) is 4.54. The van der Waals surface area contributed by atoms with Crippen molar-refractivity contribution < 1.29 is 4.42 Å².